The number of nitrogens with zero attached hydrogens (tertiary/aromatic N) is 4. The second-order valence-corrected chi connectivity index (χ2v) is 6.24. The minimum Gasteiger partial charge on any atom is -0.300 e. The van der Waals surface area contributed by atoms with Crippen molar-refractivity contribution < 1.29 is 4.79 Å². The van der Waals surface area contributed by atoms with Crippen molar-refractivity contribution in [3.8, 4) is 5.13 Å². The van der Waals surface area contributed by atoms with Crippen LogP contribution in [0.4, 0.5) is 5.13 Å². The van der Waals surface area contributed by atoms with Crippen molar-refractivity contribution in [3.05, 3.63) is 40.1 Å². The Hall–Kier alpha value is -2.06. The summed E-state index contributed by atoms with van der Waals surface area (Å²) < 4.78 is 1.88. The monoisotopic (exact) mass is 305 g/mol. The molecule has 1 N–H and O–H groups in total. The lowest BCUT2D eigenvalue weighted by molar-refractivity contribution is 0.102. The summed E-state index contributed by atoms with van der Waals surface area (Å²) in [5.74, 6) is -0.199. The van der Waals surface area contributed by atoms with Crippen LogP contribution in [-0.4, -0.2) is 25.7 Å². The second kappa shape index (κ2) is 5.14. The molecule has 0 aliphatic carbocycles. The van der Waals surface area contributed by atoms with Crippen molar-refractivity contribution in [3.63, 3.8) is 0 Å². The molecule has 0 aliphatic rings. The number of rotatable bonds is 3. The fourth-order valence-corrected chi connectivity index (χ4v) is 3.18. The summed E-state index contributed by atoms with van der Waals surface area (Å²) in [5, 5.41) is 12.6. The molecule has 3 aromatic rings. The van der Waals surface area contributed by atoms with Crippen LogP contribution in [0.5, 0.6) is 0 Å². The van der Waals surface area contributed by atoms with E-state index < -0.39 is 0 Å². The third kappa shape index (κ3) is 2.47. The maximum absolute atomic E-state index is 12.2. The molecule has 0 unspecified atom stereocenters. The summed E-state index contributed by atoms with van der Waals surface area (Å²) in [5.41, 5.74) is 0.706. The maximum Gasteiger partial charge on any atom is 0.269 e. The highest BCUT2D eigenvalue weighted by Gasteiger charge is 2.17. The number of carbonyl (C=O) groups is 1. The van der Waals surface area contributed by atoms with E-state index in [4.69, 9.17) is 0 Å². The van der Waals surface area contributed by atoms with Crippen LogP contribution in [-0.2, 0) is 0 Å². The highest BCUT2D eigenvalue weighted by molar-refractivity contribution is 7.17. The minimum absolute atomic E-state index is 0.199. The molecule has 0 aromatic carbocycles. The van der Waals surface area contributed by atoms with Gasteiger partial charge in [0, 0.05) is 12.4 Å². The Morgan fingerprint density at radius 3 is 2.60 bits per heavy atom. The number of hydrogen-bond donors (Lipinski definition) is 1. The maximum atomic E-state index is 12.2. The van der Waals surface area contributed by atoms with Gasteiger partial charge in [-0.05, 0) is 26.0 Å². The summed E-state index contributed by atoms with van der Waals surface area (Å²) in [6.07, 6.45) is 3.79. The van der Waals surface area contributed by atoms with Gasteiger partial charge in [-0.3, -0.25) is 10.1 Å². The first-order chi connectivity index (χ1) is 9.63. The van der Waals surface area contributed by atoms with Gasteiger partial charge in [0.15, 0.2) is 5.13 Å². The lowest BCUT2D eigenvalue weighted by atomic mass is 10.4. The lowest BCUT2D eigenvalue weighted by Gasteiger charge is -1.97. The van der Waals surface area contributed by atoms with Gasteiger partial charge in [0.25, 0.3) is 5.91 Å². The zero-order valence-electron chi connectivity index (χ0n) is 10.8. The number of hydrogen-bond acceptors (Lipinski definition) is 6. The van der Waals surface area contributed by atoms with E-state index in [1.165, 1.54) is 22.7 Å². The molecular weight excluding hydrogens is 294 g/mol. The number of aromatic nitrogens is 4. The largest absolute Gasteiger partial charge is 0.300 e. The van der Waals surface area contributed by atoms with E-state index in [0.29, 0.717) is 15.7 Å². The van der Waals surface area contributed by atoms with E-state index in [1.54, 1.807) is 0 Å². The van der Waals surface area contributed by atoms with E-state index in [-0.39, 0.29) is 5.91 Å². The van der Waals surface area contributed by atoms with Gasteiger partial charge in [-0.15, -0.1) is 10.2 Å². The Balaban J connectivity index is 1.85. The van der Waals surface area contributed by atoms with E-state index in [9.17, 15) is 4.79 Å². The highest BCUT2D eigenvalue weighted by Crippen LogP contribution is 2.23. The van der Waals surface area contributed by atoms with Gasteiger partial charge in [0.1, 0.15) is 9.88 Å². The molecule has 0 saturated heterocycles. The molecule has 0 bridgehead atoms. The molecule has 3 heterocycles. The fraction of sp³-hybridized carbons (Fsp3) is 0.167. The van der Waals surface area contributed by atoms with Crippen molar-refractivity contribution in [1.82, 2.24) is 19.7 Å². The van der Waals surface area contributed by atoms with Crippen LogP contribution in [0, 0.1) is 13.8 Å². The van der Waals surface area contributed by atoms with Crippen molar-refractivity contribution in [2.75, 3.05) is 5.32 Å². The van der Waals surface area contributed by atoms with Crippen molar-refractivity contribution in [2.24, 2.45) is 0 Å². The summed E-state index contributed by atoms with van der Waals surface area (Å²) in [6, 6.07) is 3.83. The Morgan fingerprint density at radius 1 is 1.20 bits per heavy atom. The first-order valence-electron chi connectivity index (χ1n) is 5.86. The molecule has 0 aliphatic heterocycles. The molecule has 3 aromatic heterocycles. The molecule has 102 valence electrons. The van der Waals surface area contributed by atoms with Crippen LogP contribution in [0.3, 0.4) is 0 Å². The predicted octanol–water partition coefficient (Wildman–Crippen LogP) is 2.65. The highest BCUT2D eigenvalue weighted by atomic mass is 32.1. The number of amides is 1. The van der Waals surface area contributed by atoms with E-state index in [0.717, 1.165) is 10.1 Å². The number of nitrogens with one attached hydrogen (secondary N) is 1. The summed E-state index contributed by atoms with van der Waals surface area (Å²) in [4.78, 5) is 17.2. The molecule has 0 spiro atoms. The Labute approximate surface area is 123 Å². The third-order valence-corrected chi connectivity index (χ3v) is 4.49. The van der Waals surface area contributed by atoms with Gasteiger partial charge in [-0.1, -0.05) is 22.7 Å². The van der Waals surface area contributed by atoms with Gasteiger partial charge in [-0.2, -0.15) is 0 Å². The smallest absolute Gasteiger partial charge is 0.269 e. The van der Waals surface area contributed by atoms with Gasteiger partial charge < -0.3 is 4.57 Å². The molecule has 1 amide bonds. The molecule has 0 saturated carbocycles. The van der Waals surface area contributed by atoms with Crippen LogP contribution in [0.1, 0.15) is 20.4 Å². The van der Waals surface area contributed by atoms with Crippen molar-refractivity contribution >= 4 is 33.7 Å². The fourth-order valence-electron chi connectivity index (χ4n) is 1.67. The van der Waals surface area contributed by atoms with Crippen LogP contribution in [0.25, 0.3) is 5.13 Å². The van der Waals surface area contributed by atoms with E-state index in [1.807, 2.05) is 42.9 Å². The standard InChI is InChI=1S/C12H11N5OS2/c1-7-9(10(18)14-11-16-15-8(2)19-11)20-12(13-7)17-5-3-4-6-17/h3-6H,1-2H3,(H,14,16,18). The van der Waals surface area contributed by atoms with Crippen LogP contribution >= 0.6 is 22.7 Å². The number of anilines is 1. The normalized spacial score (nSPS) is 10.7. The SMILES string of the molecule is Cc1nnc(NC(=O)c2sc(-n3cccc3)nc2C)s1. The molecule has 0 radical (unpaired) electrons. The van der Waals surface area contributed by atoms with E-state index >= 15 is 0 Å². The summed E-state index contributed by atoms with van der Waals surface area (Å²) in [6.45, 7) is 3.67. The molecule has 20 heavy (non-hydrogen) atoms. The number of aryl methyl sites for hydroxylation is 2. The average molecular weight is 305 g/mol. The van der Waals surface area contributed by atoms with Gasteiger partial charge in [0.2, 0.25) is 5.13 Å². The van der Waals surface area contributed by atoms with Gasteiger partial charge >= 0.3 is 0 Å². The topological polar surface area (TPSA) is 72.7 Å². The molecule has 0 atom stereocenters. The molecule has 8 heteroatoms. The Morgan fingerprint density at radius 2 is 1.95 bits per heavy atom. The zero-order chi connectivity index (χ0) is 14.1. The van der Waals surface area contributed by atoms with Crippen LogP contribution in [0.15, 0.2) is 24.5 Å². The molecular formula is C12H11N5OS2. The Bertz CT molecular complexity index is 744. The quantitative estimate of drug-likeness (QED) is 0.807. The first-order valence-corrected chi connectivity index (χ1v) is 7.49. The van der Waals surface area contributed by atoms with Crippen LogP contribution in [0.2, 0.25) is 0 Å². The second-order valence-electron chi connectivity index (χ2n) is 4.08. The zero-order valence-corrected chi connectivity index (χ0v) is 12.5. The molecule has 6 nitrogen and oxygen atoms in total. The third-order valence-electron chi connectivity index (χ3n) is 2.56. The Kier molecular flexibility index (Phi) is 3.33. The molecule has 3 rings (SSSR count). The molecule has 0 fully saturated rings. The van der Waals surface area contributed by atoms with Crippen molar-refractivity contribution in [1.29, 1.82) is 0 Å². The lowest BCUT2D eigenvalue weighted by Crippen LogP contribution is -2.11. The van der Waals surface area contributed by atoms with Gasteiger partial charge in [0.05, 0.1) is 5.69 Å². The average Bonchev–Trinajstić information content (AvgIpc) is 3.09. The first kappa shape index (κ1) is 12.9. The minimum atomic E-state index is -0.199. The summed E-state index contributed by atoms with van der Waals surface area (Å²) >= 11 is 2.69. The predicted molar refractivity (Wildman–Crippen MR) is 78.8 cm³/mol. The van der Waals surface area contributed by atoms with Gasteiger partial charge in [-0.25, -0.2) is 4.98 Å². The number of carbonyl (C=O) groups excluding carboxylic acids is 1. The number of thiazole rings is 1. The van der Waals surface area contributed by atoms with Crippen LogP contribution < -0.4 is 5.32 Å². The van der Waals surface area contributed by atoms with Crippen molar-refractivity contribution in [2.45, 2.75) is 13.8 Å². The van der Waals surface area contributed by atoms with E-state index in [2.05, 4.69) is 20.5 Å². The summed E-state index contributed by atoms with van der Waals surface area (Å²) in [7, 11) is 0.